The molecule has 144 valence electrons. The van der Waals surface area contributed by atoms with Crippen LogP contribution in [0.25, 0.3) is 11.1 Å². The van der Waals surface area contributed by atoms with E-state index in [-0.39, 0.29) is 17.2 Å². The smallest absolute Gasteiger partial charge is 0.358 e. The summed E-state index contributed by atoms with van der Waals surface area (Å²) >= 11 is 5.25. The zero-order valence-electron chi connectivity index (χ0n) is 14.6. The Hall–Kier alpha value is -2.93. The van der Waals surface area contributed by atoms with Gasteiger partial charge in [0.1, 0.15) is 5.82 Å². The van der Waals surface area contributed by atoms with Crippen molar-refractivity contribution in [3.05, 3.63) is 89.7 Å². The first-order valence-electron chi connectivity index (χ1n) is 8.39. The minimum atomic E-state index is -4.61. The third-order valence-electron chi connectivity index (χ3n) is 4.00. The van der Waals surface area contributed by atoms with Gasteiger partial charge < -0.3 is 10.6 Å². The summed E-state index contributed by atoms with van der Waals surface area (Å²) in [6, 6.07) is 19.6. The average molecular weight is 404 g/mol. The number of rotatable bonds is 4. The van der Waals surface area contributed by atoms with E-state index in [1.165, 1.54) is 0 Å². The first-order valence-corrected chi connectivity index (χ1v) is 8.80. The van der Waals surface area contributed by atoms with Gasteiger partial charge >= 0.3 is 6.18 Å². The summed E-state index contributed by atoms with van der Waals surface area (Å²) in [6.45, 7) is -0.0415. The molecular formula is C21H16F4N2S. The lowest BCUT2D eigenvalue weighted by Gasteiger charge is -2.15. The van der Waals surface area contributed by atoms with Crippen molar-refractivity contribution in [3.8, 4) is 11.1 Å². The number of thiocarbonyl (C=S) groups is 1. The Balaban J connectivity index is 1.70. The summed E-state index contributed by atoms with van der Waals surface area (Å²) < 4.78 is 51.9. The molecule has 0 heterocycles. The van der Waals surface area contributed by atoms with Crippen molar-refractivity contribution >= 4 is 23.0 Å². The topological polar surface area (TPSA) is 24.1 Å². The molecule has 3 rings (SSSR count). The summed E-state index contributed by atoms with van der Waals surface area (Å²) in [6.07, 6.45) is -4.61. The molecule has 0 aromatic heterocycles. The minimum absolute atomic E-state index is 0.0415. The highest BCUT2D eigenvalue weighted by molar-refractivity contribution is 7.80. The third-order valence-corrected chi connectivity index (χ3v) is 4.24. The second kappa shape index (κ2) is 8.39. The zero-order valence-corrected chi connectivity index (χ0v) is 15.4. The van der Waals surface area contributed by atoms with Gasteiger partial charge in [0, 0.05) is 17.8 Å². The average Bonchev–Trinajstić information content (AvgIpc) is 2.66. The van der Waals surface area contributed by atoms with E-state index in [0.29, 0.717) is 6.07 Å². The van der Waals surface area contributed by atoms with Crippen LogP contribution in [-0.4, -0.2) is 5.11 Å². The molecule has 0 aliphatic carbocycles. The summed E-state index contributed by atoms with van der Waals surface area (Å²) in [5, 5.41) is 6.08. The van der Waals surface area contributed by atoms with Crippen LogP contribution in [0, 0.1) is 5.82 Å². The molecule has 0 spiro atoms. The molecule has 0 bridgehead atoms. The van der Waals surface area contributed by atoms with E-state index in [0.717, 1.165) is 28.9 Å². The molecule has 0 fully saturated rings. The van der Waals surface area contributed by atoms with Crippen LogP contribution >= 0.6 is 12.2 Å². The quantitative estimate of drug-likeness (QED) is 0.412. The summed E-state index contributed by atoms with van der Waals surface area (Å²) in [5.74, 6) is -0.945. The molecule has 28 heavy (non-hydrogen) atoms. The largest absolute Gasteiger partial charge is 0.416 e. The summed E-state index contributed by atoms with van der Waals surface area (Å²) in [7, 11) is 0. The van der Waals surface area contributed by atoms with Gasteiger partial charge in [-0.2, -0.15) is 13.2 Å². The van der Waals surface area contributed by atoms with Crippen LogP contribution in [-0.2, 0) is 12.7 Å². The fraction of sp³-hybridized carbons (Fsp3) is 0.0952. The number of hydrogen-bond donors (Lipinski definition) is 2. The number of hydrogen-bond acceptors (Lipinski definition) is 1. The van der Waals surface area contributed by atoms with E-state index < -0.39 is 17.6 Å². The van der Waals surface area contributed by atoms with E-state index in [2.05, 4.69) is 10.6 Å². The molecule has 0 aliphatic rings. The Morgan fingerprint density at radius 2 is 1.57 bits per heavy atom. The third kappa shape index (κ3) is 5.07. The van der Waals surface area contributed by atoms with Gasteiger partial charge in [-0.25, -0.2) is 4.39 Å². The number of benzene rings is 3. The number of anilines is 1. The first kappa shape index (κ1) is 19.8. The molecule has 0 amide bonds. The second-order valence-electron chi connectivity index (χ2n) is 6.07. The molecule has 3 aromatic carbocycles. The lowest BCUT2D eigenvalue weighted by atomic mass is 10.0. The van der Waals surface area contributed by atoms with E-state index in [9.17, 15) is 17.6 Å². The lowest BCUT2D eigenvalue weighted by Crippen LogP contribution is -2.28. The van der Waals surface area contributed by atoms with Crippen molar-refractivity contribution in [1.29, 1.82) is 0 Å². The van der Waals surface area contributed by atoms with Crippen LogP contribution in [0.1, 0.15) is 11.1 Å². The normalized spacial score (nSPS) is 11.1. The van der Waals surface area contributed by atoms with E-state index in [4.69, 9.17) is 12.2 Å². The number of halogens is 4. The fourth-order valence-corrected chi connectivity index (χ4v) is 2.91. The molecule has 2 N–H and O–H groups in total. The number of nitrogens with one attached hydrogen (secondary N) is 2. The highest BCUT2D eigenvalue weighted by Crippen LogP contribution is 2.30. The molecule has 7 heteroatoms. The molecule has 3 aromatic rings. The molecule has 0 unspecified atom stereocenters. The van der Waals surface area contributed by atoms with Crippen LogP contribution in [0.15, 0.2) is 72.8 Å². The van der Waals surface area contributed by atoms with Gasteiger partial charge in [0.2, 0.25) is 0 Å². The Kier molecular flexibility index (Phi) is 5.94. The van der Waals surface area contributed by atoms with Crippen LogP contribution in [0.4, 0.5) is 23.2 Å². The molecule has 0 aliphatic heterocycles. The van der Waals surface area contributed by atoms with E-state index >= 15 is 0 Å². The SMILES string of the molecule is Fc1cc(CNC(=S)Nc2ccccc2-c2ccccc2)cc(C(F)(F)F)c1. The predicted molar refractivity (Wildman–Crippen MR) is 106 cm³/mol. The van der Waals surface area contributed by atoms with Crippen molar-refractivity contribution in [2.24, 2.45) is 0 Å². The first-order chi connectivity index (χ1) is 13.3. The van der Waals surface area contributed by atoms with Crippen LogP contribution in [0.3, 0.4) is 0 Å². The Bertz CT molecular complexity index is 972. The van der Waals surface area contributed by atoms with Gasteiger partial charge in [0.25, 0.3) is 0 Å². The van der Waals surface area contributed by atoms with Crippen molar-refractivity contribution < 1.29 is 17.6 Å². The van der Waals surface area contributed by atoms with Crippen molar-refractivity contribution in [2.45, 2.75) is 12.7 Å². The van der Waals surface area contributed by atoms with Crippen LogP contribution in [0.2, 0.25) is 0 Å². The van der Waals surface area contributed by atoms with Crippen molar-refractivity contribution in [2.75, 3.05) is 5.32 Å². The lowest BCUT2D eigenvalue weighted by molar-refractivity contribution is -0.137. The highest BCUT2D eigenvalue weighted by atomic mass is 32.1. The van der Waals surface area contributed by atoms with Crippen molar-refractivity contribution in [1.82, 2.24) is 5.32 Å². The zero-order chi connectivity index (χ0) is 20.1. The summed E-state index contributed by atoms with van der Waals surface area (Å²) in [4.78, 5) is 0. The van der Waals surface area contributed by atoms with Crippen LogP contribution < -0.4 is 10.6 Å². The standard InChI is InChI=1S/C21H16F4N2S/c22-17-11-14(10-16(12-17)21(23,24)25)13-26-20(28)27-19-9-5-4-8-18(19)15-6-2-1-3-7-15/h1-12H,13H2,(H2,26,27,28). The van der Waals surface area contributed by atoms with E-state index in [1.807, 2.05) is 54.6 Å². The molecule has 0 saturated heterocycles. The predicted octanol–water partition coefficient (Wildman–Crippen LogP) is 6.00. The molecule has 0 atom stereocenters. The molecular weight excluding hydrogens is 388 g/mol. The van der Waals surface area contributed by atoms with Gasteiger partial charge in [-0.1, -0.05) is 48.5 Å². The maximum Gasteiger partial charge on any atom is 0.416 e. The highest BCUT2D eigenvalue weighted by Gasteiger charge is 2.31. The van der Waals surface area contributed by atoms with Gasteiger partial charge in [-0.3, -0.25) is 0 Å². The maximum absolute atomic E-state index is 13.5. The van der Waals surface area contributed by atoms with Gasteiger partial charge in [0.05, 0.1) is 5.56 Å². The Morgan fingerprint density at radius 3 is 2.29 bits per heavy atom. The van der Waals surface area contributed by atoms with Gasteiger partial charge in [0.15, 0.2) is 5.11 Å². The molecule has 0 radical (unpaired) electrons. The maximum atomic E-state index is 13.5. The van der Waals surface area contributed by atoms with Crippen LogP contribution in [0.5, 0.6) is 0 Å². The Morgan fingerprint density at radius 1 is 0.893 bits per heavy atom. The van der Waals surface area contributed by atoms with Crippen molar-refractivity contribution in [3.63, 3.8) is 0 Å². The van der Waals surface area contributed by atoms with Gasteiger partial charge in [-0.15, -0.1) is 0 Å². The second-order valence-corrected chi connectivity index (χ2v) is 6.47. The Labute approximate surface area is 165 Å². The number of alkyl halides is 3. The van der Waals surface area contributed by atoms with E-state index in [1.54, 1.807) is 0 Å². The monoisotopic (exact) mass is 404 g/mol. The molecule has 2 nitrogen and oxygen atoms in total. The number of para-hydroxylation sites is 1. The summed E-state index contributed by atoms with van der Waals surface area (Å²) in [5.41, 5.74) is 1.79. The fourth-order valence-electron chi connectivity index (χ4n) is 2.73. The van der Waals surface area contributed by atoms with Gasteiger partial charge in [-0.05, 0) is 47.6 Å². The minimum Gasteiger partial charge on any atom is -0.358 e. The molecule has 0 saturated carbocycles.